The third-order valence-electron chi connectivity index (χ3n) is 3.97. The monoisotopic (exact) mass is 486 g/mol. The van der Waals surface area contributed by atoms with Crippen LogP contribution in [0, 0.1) is 0 Å². The van der Waals surface area contributed by atoms with E-state index in [0.29, 0.717) is 11.1 Å². The number of esters is 1. The van der Waals surface area contributed by atoms with E-state index in [1.807, 2.05) is 0 Å². The summed E-state index contributed by atoms with van der Waals surface area (Å²) in [6.07, 6.45) is -2.41. The maximum absolute atomic E-state index is 12.4. The van der Waals surface area contributed by atoms with Crippen LogP contribution in [0.1, 0.15) is 11.5 Å². The number of alkyl halides is 5. The average molecular weight is 486 g/mol. The van der Waals surface area contributed by atoms with Crippen molar-refractivity contribution in [1.29, 1.82) is 0 Å². The summed E-state index contributed by atoms with van der Waals surface area (Å²) in [5, 5.41) is 3.73. The van der Waals surface area contributed by atoms with Gasteiger partial charge in [0, 0.05) is 11.6 Å². The molecule has 0 amide bonds. The molecule has 0 saturated heterocycles. The van der Waals surface area contributed by atoms with Gasteiger partial charge in [0.2, 0.25) is 5.82 Å². The molecule has 13 heteroatoms. The molecule has 0 N–H and O–H groups in total. The Morgan fingerprint density at radius 1 is 1.12 bits per heavy atom. The van der Waals surface area contributed by atoms with Gasteiger partial charge in [-0.2, -0.15) is 13.8 Å². The summed E-state index contributed by atoms with van der Waals surface area (Å²) >= 11 is 0. The molecule has 0 saturated carbocycles. The second-order valence-electron chi connectivity index (χ2n) is 6.31. The van der Waals surface area contributed by atoms with Gasteiger partial charge < -0.3 is 23.5 Å². The average Bonchev–Trinajstić information content (AvgIpc) is 3.25. The predicted octanol–water partition coefficient (Wildman–Crippen LogP) is 5.00. The highest BCUT2D eigenvalue weighted by Gasteiger charge is 2.30. The van der Waals surface area contributed by atoms with E-state index in [0.717, 1.165) is 18.2 Å². The molecule has 180 valence electrons. The molecule has 8 nitrogen and oxygen atoms in total. The van der Waals surface area contributed by atoms with Gasteiger partial charge in [0.15, 0.2) is 18.1 Å². The minimum Gasteiger partial charge on any atom is -0.493 e. The molecule has 1 heterocycles. The molecule has 0 radical (unpaired) electrons. The first-order valence-corrected chi connectivity index (χ1v) is 9.29. The van der Waals surface area contributed by atoms with Gasteiger partial charge in [0.25, 0.3) is 5.89 Å². The summed E-state index contributed by atoms with van der Waals surface area (Å²) in [7, 11) is 1.27. The molecule has 0 bridgehead atoms. The van der Waals surface area contributed by atoms with Crippen LogP contribution in [-0.2, 0) is 16.1 Å². The van der Waals surface area contributed by atoms with Crippen LogP contribution in [0.4, 0.5) is 22.0 Å². The maximum atomic E-state index is 12.4. The topological polar surface area (TPSA) is 92.9 Å². The molecule has 3 aromatic rings. The van der Waals surface area contributed by atoms with Gasteiger partial charge in [-0.05, 0) is 42.0 Å². The third kappa shape index (κ3) is 7.18. The second kappa shape index (κ2) is 10.6. The zero-order valence-corrected chi connectivity index (χ0v) is 17.2. The Morgan fingerprint density at radius 2 is 1.85 bits per heavy atom. The highest BCUT2D eigenvalue weighted by atomic mass is 19.4. The molecular formula is C21H15F5N2O6. The summed E-state index contributed by atoms with van der Waals surface area (Å²) in [6, 6.07) is 8.87. The molecule has 2 aromatic carbocycles. The Balaban J connectivity index is 1.56. The molecule has 0 spiro atoms. The fourth-order valence-corrected chi connectivity index (χ4v) is 2.56. The van der Waals surface area contributed by atoms with Crippen LogP contribution in [0.5, 0.6) is 17.2 Å². The van der Waals surface area contributed by atoms with E-state index in [9.17, 15) is 26.7 Å². The Kier molecular flexibility index (Phi) is 7.66. The van der Waals surface area contributed by atoms with Crippen molar-refractivity contribution in [3.05, 3.63) is 60.0 Å². The van der Waals surface area contributed by atoms with E-state index in [2.05, 4.69) is 19.6 Å². The predicted molar refractivity (Wildman–Crippen MR) is 105 cm³/mol. The molecule has 1 aromatic heterocycles. The lowest BCUT2D eigenvalue weighted by atomic mass is 10.2. The first-order valence-electron chi connectivity index (χ1n) is 9.29. The first-order chi connectivity index (χ1) is 16.1. The van der Waals surface area contributed by atoms with Crippen molar-refractivity contribution in [2.75, 3.05) is 7.11 Å². The van der Waals surface area contributed by atoms with E-state index in [1.165, 1.54) is 43.5 Å². The minimum atomic E-state index is -4.80. The highest BCUT2D eigenvalue weighted by Crippen LogP contribution is 2.32. The van der Waals surface area contributed by atoms with Gasteiger partial charge in [0.1, 0.15) is 5.75 Å². The number of aromatic nitrogens is 2. The molecule has 0 unspecified atom stereocenters. The van der Waals surface area contributed by atoms with E-state index in [-0.39, 0.29) is 29.8 Å². The zero-order valence-electron chi connectivity index (χ0n) is 17.2. The van der Waals surface area contributed by atoms with Crippen LogP contribution >= 0.6 is 0 Å². The number of halogens is 5. The molecule has 0 fully saturated rings. The molecule has 34 heavy (non-hydrogen) atoms. The molecule has 0 atom stereocenters. The Labute approximate surface area is 188 Å². The SMILES string of the molecule is COc1cc(-c2noc(COC(=O)/C=C/c3ccc(OC(F)(F)F)cc3)n2)ccc1OC(F)F. The van der Waals surface area contributed by atoms with Crippen LogP contribution in [0.25, 0.3) is 17.5 Å². The lowest BCUT2D eigenvalue weighted by molar-refractivity contribution is -0.274. The van der Waals surface area contributed by atoms with Crippen LogP contribution < -0.4 is 14.2 Å². The maximum Gasteiger partial charge on any atom is 0.573 e. The number of ether oxygens (including phenoxy) is 4. The quantitative estimate of drug-likeness (QED) is 0.237. The van der Waals surface area contributed by atoms with Crippen molar-refractivity contribution in [2.45, 2.75) is 19.6 Å². The molecule has 0 aliphatic rings. The van der Waals surface area contributed by atoms with Crippen LogP contribution in [-0.4, -0.2) is 36.2 Å². The minimum absolute atomic E-state index is 0.0266. The Hall–Kier alpha value is -4.16. The second-order valence-corrected chi connectivity index (χ2v) is 6.31. The number of carbonyl (C=O) groups is 1. The van der Waals surface area contributed by atoms with Gasteiger partial charge in [-0.3, -0.25) is 0 Å². The number of hydrogen-bond donors (Lipinski definition) is 0. The Morgan fingerprint density at radius 3 is 2.50 bits per heavy atom. The van der Waals surface area contributed by atoms with Crippen molar-refractivity contribution in [2.24, 2.45) is 0 Å². The molecule has 3 rings (SSSR count). The van der Waals surface area contributed by atoms with Crippen molar-refractivity contribution in [1.82, 2.24) is 10.1 Å². The van der Waals surface area contributed by atoms with Crippen molar-refractivity contribution in [3.8, 4) is 28.6 Å². The number of hydrogen-bond acceptors (Lipinski definition) is 8. The molecular weight excluding hydrogens is 471 g/mol. The van der Waals surface area contributed by atoms with Crippen LogP contribution in [0.2, 0.25) is 0 Å². The standard InChI is InChI=1S/C21H15F5N2O6/c1-30-16-10-13(5-8-15(16)32-20(22)23)19-27-17(34-28-19)11-31-18(29)9-4-12-2-6-14(7-3-12)33-21(24,25)26/h2-10,20H,11H2,1H3/b9-4+. The van der Waals surface area contributed by atoms with E-state index in [1.54, 1.807) is 0 Å². The summed E-state index contributed by atoms with van der Waals surface area (Å²) in [5.41, 5.74) is 0.803. The number of methoxy groups -OCH3 is 1. The van der Waals surface area contributed by atoms with Crippen molar-refractivity contribution < 1.29 is 50.2 Å². The van der Waals surface area contributed by atoms with Gasteiger partial charge >= 0.3 is 18.9 Å². The van der Waals surface area contributed by atoms with Crippen LogP contribution in [0.15, 0.2) is 53.1 Å². The first kappa shape index (κ1) is 24.5. The van der Waals surface area contributed by atoms with Gasteiger partial charge in [0.05, 0.1) is 7.11 Å². The lowest BCUT2D eigenvalue weighted by Gasteiger charge is -2.10. The summed E-state index contributed by atoms with van der Waals surface area (Å²) < 4.78 is 84.4. The number of carbonyl (C=O) groups excluding carboxylic acids is 1. The number of benzene rings is 2. The Bertz CT molecular complexity index is 1150. The van der Waals surface area contributed by atoms with Crippen LogP contribution in [0.3, 0.4) is 0 Å². The fourth-order valence-electron chi connectivity index (χ4n) is 2.56. The number of nitrogens with zero attached hydrogens (tertiary/aromatic N) is 2. The van der Waals surface area contributed by atoms with Gasteiger partial charge in [-0.25, -0.2) is 4.79 Å². The van der Waals surface area contributed by atoms with Gasteiger partial charge in [-0.1, -0.05) is 17.3 Å². The molecule has 0 aliphatic carbocycles. The van der Waals surface area contributed by atoms with E-state index in [4.69, 9.17) is 14.0 Å². The highest BCUT2D eigenvalue weighted by molar-refractivity contribution is 5.87. The van der Waals surface area contributed by atoms with Crippen molar-refractivity contribution >= 4 is 12.0 Å². The van der Waals surface area contributed by atoms with Crippen molar-refractivity contribution in [3.63, 3.8) is 0 Å². The number of rotatable bonds is 9. The third-order valence-corrected chi connectivity index (χ3v) is 3.97. The van der Waals surface area contributed by atoms with E-state index < -0.39 is 24.7 Å². The largest absolute Gasteiger partial charge is 0.573 e. The molecule has 0 aliphatic heterocycles. The summed E-state index contributed by atoms with van der Waals surface area (Å²) in [6.45, 7) is -3.39. The fraction of sp³-hybridized carbons (Fsp3) is 0.190. The normalized spacial score (nSPS) is 11.6. The summed E-state index contributed by atoms with van der Waals surface area (Å²) in [4.78, 5) is 15.9. The lowest BCUT2D eigenvalue weighted by Crippen LogP contribution is -2.16. The van der Waals surface area contributed by atoms with E-state index >= 15 is 0 Å². The summed E-state index contributed by atoms with van der Waals surface area (Å²) in [5.74, 6) is -1.27. The van der Waals surface area contributed by atoms with Gasteiger partial charge in [-0.15, -0.1) is 13.2 Å². The zero-order chi connectivity index (χ0) is 24.7. The smallest absolute Gasteiger partial charge is 0.493 e.